The minimum Gasteiger partial charge on any atom is -0.427 e. The Balaban J connectivity index is 0.793. The summed E-state index contributed by atoms with van der Waals surface area (Å²) in [5, 5.41) is 19.0. The van der Waals surface area contributed by atoms with Crippen molar-refractivity contribution < 1.29 is 65.8 Å². The molecule has 2 saturated heterocycles. The number of anilines is 1. The van der Waals surface area contributed by atoms with E-state index in [4.69, 9.17) is 4.74 Å². The molecule has 5 aromatic rings. The molecule has 0 radical (unpaired) electrons. The van der Waals surface area contributed by atoms with Crippen LogP contribution < -0.4 is 16.0 Å². The molecule has 0 bridgehead atoms. The maximum absolute atomic E-state index is 14.2. The van der Waals surface area contributed by atoms with Gasteiger partial charge in [0.05, 0.1) is 28.2 Å². The Labute approximate surface area is 463 Å². The number of nitrogens with one attached hydrogen (secondary N) is 3. The van der Waals surface area contributed by atoms with Gasteiger partial charge in [-0.2, -0.15) is 13.2 Å². The lowest BCUT2D eigenvalue weighted by atomic mass is 9.85. The number of imide groups is 1. The van der Waals surface area contributed by atoms with Crippen LogP contribution in [0, 0.1) is 18.2 Å². The molecule has 0 unspecified atom stereocenters. The molecule has 2 fully saturated rings. The number of aliphatic hydroxyl groups is 1. The van der Waals surface area contributed by atoms with Crippen LogP contribution in [-0.2, 0) is 65.0 Å². The van der Waals surface area contributed by atoms with Gasteiger partial charge in [0, 0.05) is 68.6 Å². The number of aliphatic hydroxyl groups excluding tert-OH is 1. The van der Waals surface area contributed by atoms with Crippen LogP contribution in [0.4, 0.5) is 28.0 Å². The molecule has 4 N–H and O–H groups in total. The second-order valence-electron chi connectivity index (χ2n) is 21.4. The number of alkyl halides is 3. The molecule has 7 amide bonds. The van der Waals surface area contributed by atoms with Crippen LogP contribution in [0.2, 0.25) is 0 Å². The van der Waals surface area contributed by atoms with Gasteiger partial charge in [-0.05, 0) is 96.3 Å². The van der Waals surface area contributed by atoms with Crippen LogP contribution in [0.1, 0.15) is 104 Å². The summed E-state index contributed by atoms with van der Waals surface area (Å²) in [5.74, 6) is -4.91. The third kappa shape index (κ3) is 13.2. The van der Waals surface area contributed by atoms with E-state index in [1.807, 2.05) is 31.2 Å². The molecule has 1 aliphatic carbocycles. The Kier molecular flexibility index (Phi) is 17.4. The number of fused-ring (bicyclic) bond motifs is 2. The summed E-state index contributed by atoms with van der Waals surface area (Å²) < 4.78 is 60.7. The number of thiazole rings is 1. The number of carbonyl (C=O) groups is 8. The molecule has 0 saturated carbocycles. The van der Waals surface area contributed by atoms with E-state index >= 15 is 0 Å². The van der Waals surface area contributed by atoms with E-state index in [0.29, 0.717) is 33.0 Å². The minimum absolute atomic E-state index is 0.0363. The maximum Gasteiger partial charge on any atom is 0.418 e. The minimum atomic E-state index is -4.86. The van der Waals surface area contributed by atoms with E-state index < -0.39 is 102 Å². The zero-order valence-electron chi connectivity index (χ0n) is 44.7. The SMILES string of the molecule is Cc1ncsc1-c1ccc(CCC(=O)[C@@H]2C[C@@H](O)CN2C(=O)[C@@H](NC(=O)c2ccc(CNC(=O)CCC(=O)Nc3ccc4c(c3)CC[C@@]43OC(=O)N(CC(=O)N(Cc4ccc(F)cc4)[C@@H](C)C(F)(F)F)C3=O)cc2)C(C)(C)C)cc1. The lowest BCUT2D eigenvalue weighted by Gasteiger charge is -2.35. The first-order valence-electron chi connectivity index (χ1n) is 26.1. The number of aryl methyl sites for hydroxylation is 3. The van der Waals surface area contributed by atoms with Crippen LogP contribution in [-0.4, -0.2) is 116 Å². The highest BCUT2D eigenvalue weighted by atomic mass is 32.1. The first-order valence-corrected chi connectivity index (χ1v) is 26.9. The lowest BCUT2D eigenvalue weighted by molar-refractivity contribution is -0.187. The molecule has 1 aromatic heterocycles. The highest BCUT2D eigenvalue weighted by Crippen LogP contribution is 2.46. The van der Waals surface area contributed by atoms with Crippen LogP contribution in [0.25, 0.3) is 10.4 Å². The molecule has 1 spiro atoms. The number of benzene rings is 4. The molecule has 8 rings (SSSR count). The summed E-state index contributed by atoms with van der Waals surface area (Å²) in [6, 6.07) is 19.1. The zero-order valence-corrected chi connectivity index (χ0v) is 45.5. The van der Waals surface area contributed by atoms with Crippen molar-refractivity contribution in [3.8, 4) is 10.4 Å². The Morgan fingerprint density at radius 3 is 2.20 bits per heavy atom. The fraction of sp³-hybridized carbons (Fsp3) is 0.397. The van der Waals surface area contributed by atoms with Crippen molar-refractivity contribution in [3.05, 3.63) is 141 Å². The Morgan fingerprint density at radius 2 is 1.55 bits per heavy atom. The third-order valence-electron chi connectivity index (χ3n) is 14.7. The second-order valence-corrected chi connectivity index (χ2v) is 22.3. The quantitative estimate of drug-likeness (QED) is 0.0586. The molecule has 80 heavy (non-hydrogen) atoms. The molecule has 3 aliphatic rings. The summed E-state index contributed by atoms with van der Waals surface area (Å²) in [7, 11) is 0. The molecule has 17 nitrogen and oxygen atoms in total. The third-order valence-corrected chi connectivity index (χ3v) is 15.7. The van der Waals surface area contributed by atoms with E-state index in [2.05, 4.69) is 20.9 Å². The Hall–Kier alpha value is -7.85. The Bertz CT molecular complexity index is 3180. The number of ether oxygens (including phenoxy) is 1. The van der Waals surface area contributed by atoms with Gasteiger partial charge in [-0.1, -0.05) is 75.4 Å². The zero-order chi connectivity index (χ0) is 57.8. The number of Topliss-reactive ketones (excluding diaryl/α,β-unsaturated/α-hetero) is 1. The number of nitrogens with zero attached hydrogens (tertiary/aromatic N) is 4. The molecule has 4 aromatic carbocycles. The lowest BCUT2D eigenvalue weighted by Crippen LogP contribution is -2.56. The number of likely N-dealkylation sites (tertiary alicyclic amines) is 1. The smallest absolute Gasteiger partial charge is 0.418 e. The van der Waals surface area contributed by atoms with E-state index in [0.717, 1.165) is 40.8 Å². The van der Waals surface area contributed by atoms with Gasteiger partial charge in [0.25, 0.3) is 11.8 Å². The number of aromatic nitrogens is 1. The molecule has 2 aliphatic heterocycles. The van der Waals surface area contributed by atoms with Crippen LogP contribution >= 0.6 is 11.3 Å². The van der Waals surface area contributed by atoms with Crippen molar-refractivity contribution in [3.63, 3.8) is 0 Å². The maximum atomic E-state index is 14.2. The van der Waals surface area contributed by atoms with Crippen molar-refractivity contribution in [2.45, 2.75) is 129 Å². The van der Waals surface area contributed by atoms with E-state index in [1.54, 1.807) is 68.0 Å². The summed E-state index contributed by atoms with van der Waals surface area (Å²) >= 11 is 1.56. The van der Waals surface area contributed by atoms with Gasteiger partial charge >= 0.3 is 12.3 Å². The van der Waals surface area contributed by atoms with E-state index in [1.165, 1.54) is 29.2 Å². The first-order chi connectivity index (χ1) is 37.8. The predicted octanol–water partition coefficient (Wildman–Crippen LogP) is 7.70. The number of ketones is 1. The van der Waals surface area contributed by atoms with Gasteiger partial charge in [-0.3, -0.25) is 33.6 Å². The number of hydrogen-bond donors (Lipinski definition) is 4. The highest BCUT2D eigenvalue weighted by molar-refractivity contribution is 7.13. The number of hydrogen-bond acceptors (Lipinski definition) is 12. The number of rotatable bonds is 19. The summed E-state index contributed by atoms with van der Waals surface area (Å²) in [5.41, 5.74) is 4.29. The summed E-state index contributed by atoms with van der Waals surface area (Å²) in [6.45, 7) is 6.50. The monoisotopic (exact) mass is 1120 g/mol. The fourth-order valence-electron chi connectivity index (χ4n) is 10.1. The van der Waals surface area contributed by atoms with Gasteiger partial charge in [-0.15, -0.1) is 11.3 Å². The molecular formula is C58H61F4N7O10S. The number of carbonyl (C=O) groups excluding carboxylic acids is 8. The Morgan fingerprint density at radius 1 is 0.887 bits per heavy atom. The largest absolute Gasteiger partial charge is 0.427 e. The van der Waals surface area contributed by atoms with E-state index in [9.17, 15) is 61.0 Å². The van der Waals surface area contributed by atoms with Crippen molar-refractivity contribution >= 4 is 64.3 Å². The van der Waals surface area contributed by atoms with Gasteiger partial charge in [-0.25, -0.2) is 19.1 Å². The first kappa shape index (κ1) is 58.3. The van der Waals surface area contributed by atoms with Crippen LogP contribution in [0.5, 0.6) is 0 Å². The van der Waals surface area contributed by atoms with Gasteiger partial charge in [0.1, 0.15) is 24.4 Å². The van der Waals surface area contributed by atoms with Gasteiger partial charge in [0.15, 0.2) is 5.78 Å². The molecular weight excluding hydrogens is 1060 g/mol. The molecule has 22 heteroatoms. The molecule has 5 atom stereocenters. The normalized spacial score (nSPS) is 18.6. The predicted molar refractivity (Wildman–Crippen MR) is 286 cm³/mol. The standard InChI is InChI=1S/C58H61F4N7O10S/c1-33-50(80-32-64-33)38-13-6-35(7-14-38)12-21-46(71)45-27-43(70)30-68(45)53(76)51(56(3,4)5)66-52(75)39-15-8-36(9-16-39)28-63-47(72)22-23-48(73)65-42-19-20-44-40(26-42)24-25-57(44)54(77)69(55(78)79-57)31-49(74)67(34(2)58(60,61)62)29-37-10-17-41(59)18-11-37/h6-11,13-20,26,32,34,43,45,51,70H,12,21-25,27-31H2,1-5H3,(H,63,72)(H,65,73)(H,66,75)/t34-,43+,45-,51+,57+/m0/s1. The summed E-state index contributed by atoms with van der Waals surface area (Å²) in [4.78, 5) is 115. The summed E-state index contributed by atoms with van der Waals surface area (Å²) in [6.07, 6.45) is -6.51. The average Bonchev–Trinajstić information content (AvgIpc) is 4.40. The molecule has 3 heterocycles. The van der Waals surface area contributed by atoms with Crippen molar-refractivity contribution in [2.24, 2.45) is 5.41 Å². The van der Waals surface area contributed by atoms with Crippen molar-refractivity contribution in [1.29, 1.82) is 0 Å². The number of amides is 7. The van der Waals surface area contributed by atoms with Crippen molar-refractivity contribution in [2.75, 3.05) is 18.4 Å². The molecule has 422 valence electrons. The van der Waals surface area contributed by atoms with Crippen LogP contribution in [0.15, 0.2) is 96.5 Å². The van der Waals surface area contributed by atoms with E-state index in [-0.39, 0.29) is 74.1 Å². The van der Waals surface area contributed by atoms with Crippen LogP contribution in [0.3, 0.4) is 0 Å². The topological polar surface area (TPSA) is 225 Å². The number of halogens is 4. The highest BCUT2D eigenvalue weighted by Gasteiger charge is 2.59. The fourth-order valence-corrected chi connectivity index (χ4v) is 10.9. The average molecular weight is 1120 g/mol. The van der Waals surface area contributed by atoms with Crippen molar-refractivity contribution in [1.82, 2.24) is 30.3 Å². The van der Waals surface area contributed by atoms with Gasteiger partial charge in [0.2, 0.25) is 29.2 Å². The number of β-amino-alcohol motifs (C(OH)–C–C–N with tert-alkyl or cyclic N) is 1. The van der Waals surface area contributed by atoms with Gasteiger partial charge < -0.3 is 35.6 Å². The second kappa shape index (κ2) is 23.9.